The topological polar surface area (TPSA) is 125 Å². The first kappa shape index (κ1) is 23.4. The van der Waals surface area contributed by atoms with Crippen molar-refractivity contribution in [2.24, 2.45) is 5.14 Å². The molecule has 2 aromatic carbocycles. The van der Waals surface area contributed by atoms with Gasteiger partial charge in [0.1, 0.15) is 0 Å². The zero-order valence-corrected chi connectivity index (χ0v) is 19.9. The summed E-state index contributed by atoms with van der Waals surface area (Å²) in [5.74, 6) is -0.605. The molecule has 0 saturated carbocycles. The van der Waals surface area contributed by atoms with Crippen molar-refractivity contribution in [3.8, 4) is 6.07 Å². The lowest BCUT2D eigenvalue weighted by atomic mass is 9.82. The number of carbonyl (C=O) groups is 2. The van der Waals surface area contributed by atoms with E-state index in [-0.39, 0.29) is 22.2 Å². The largest absolute Gasteiger partial charge is 0.371 e. The van der Waals surface area contributed by atoms with E-state index in [0.29, 0.717) is 58.9 Å². The number of primary sulfonamides is 1. The molecule has 0 saturated heterocycles. The lowest BCUT2D eigenvalue weighted by Gasteiger charge is -2.31. The van der Waals surface area contributed by atoms with E-state index in [1.54, 1.807) is 30.3 Å². The summed E-state index contributed by atoms with van der Waals surface area (Å²) in [5.41, 5.74) is 3.60. The summed E-state index contributed by atoms with van der Waals surface area (Å²) in [5, 5.41) is 14.7. The highest BCUT2D eigenvalue weighted by atomic mass is 32.2. The van der Waals surface area contributed by atoms with Gasteiger partial charge in [-0.05, 0) is 56.7 Å². The first-order chi connectivity index (χ1) is 16.2. The van der Waals surface area contributed by atoms with Crippen molar-refractivity contribution >= 4 is 33.1 Å². The van der Waals surface area contributed by atoms with Gasteiger partial charge in [-0.3, -0.25) is 9.59 Å². The Balaban J connectivity index is 2.08. The SMILES string of the molecule is CCN(CC)C1=C2C(=O)N(CC)C(c3ccc(S(N)(=O)=O)cc3)=C2C(=O)c2ccc(C#N)cc21. The average molecular weight is 477 g/mol. The van der Waals surface area contributed by atoms with Crippen LogP contribution in [-0.2, 0) is 14.8 Å². The highest BCUT2D eigenvalue weighted by molar-refractivity contribution is 7.89. The van der Waals surface area contributed by atoms with Crippen LogP contribution in [0.3, 0.4) is 0 Å². The number of hydrogen-bond donors (Lipinski definition) is 1. The molecule has 1 aliphatic carbocycles. The van der Waals surface area contributed by atoms with Crippen LogP contribution in [0.25, 0.3) is 11.4 Å². The number of nitrogens with two attached hydrogens (primary N) is 1. The van der Waals surface area contributed by atoms with Gasteiger partial charge in [-0.25, -0.2) is 13.6 Å². The van der Waals surface area contributed by atoms with Crippen LogP contribution >= 0.6 is 0 Å². The molecule has 1 aliphatic heterocycles. The molecule has 174 valence electrons. The first-order valence-electron chi connectivity index (χ1n) is 11.0. The molecule has 0 spiro atoms. The Labute approximate surface area is 198 Å². The number of nitriles is 1. The Morgan fingerprint density at radius 2 is 1.62 bits per heavy atom. The van der Waals surface area contributed by atoms with E-state index < -0.39 is 10.0 Å². The van der Waals surface area contributed by atoms with Crippen molar-refractivity contribution in [2.75, 3.05) is 19.6 Å². The third kappa shape index (κ3) is 3.52. The van der Waals surface area contributed by atoms with Crippen LogP contribution in [-0.4, -0.2) is 49.5 Å². The molecule has 0 aromatic heterocycles. The lowest BCUT2D eigenvalue weighted by Crippen LogP contribution is -2.31. The van der Waals surface area contributed by atoms with Gasteiger partial charge in [0.05, 0.1) is 39.1 Å². The van der Waals surface area contributed by atoms with E-state index in [0.717, 1.165) is 0 Å². The van der Waals surface area contributed by atoms with Crippen LogP contribution in [0.5, 0.6) is 0 Å². The summed E-state index contributed by atoms with van der Waals surface area (Å²) in [6, 6.07) is 12.8. The third-order valence-corrected chi connectivity index (χ3v) is 7.11. The minimum atomic E-state index is -3.89. The summed E-state index contributed by atoms with van der Waals surface area (Å²) in [6.45, 7) is 7.27. The number of amides is 1. The van der Waals surface area contributed by atoms with Crippen LogP contribution in [0.2, 0.25) is 0 Å². The van der Waals surface area contributed by atoms with Gasteiger partial charge in [-0.2, -0.15) is 5.26 Å². The maximum Gasteiger partial charge on any atom is 0.261 e. The van der Waals surface area contributed by atoms with E-state index in [9.17, 15) is 23.3 Å². The summed E-state index contributed by atoms with van der Waals surface area (Å²) < 4.78 is 23.4. The normalized spacial score (nSPS) is 15.4. The molecule has 1 heterocycles. The Kier molecular flexibility index (Phi) is 5.89. The molecule has 0 radical (unpaired) electrons. The molecule has 4 rings (SSSR count). The number of benzene rings is 2. The highest BCUT2D eigenvalue weighted by Gasteiger charge is 2.45. The van der Waals surface area contributed by atoms with Crippen LogP contribution < -0.4 is 5.14 Å². The molecule has 2 aliphatic rings. The van der Waals surface area contributed by atoms with Crippen molar-refractivity contribution < 1.29 is 18.0 Å². The second kappa shape index (κ2) is 8.56. The molecule has 0 atom stereocenters. The Bertz CT molecular complexity index is 1430. The standard InChI is InChI=1S/C25H24N4O4S/c1-4-28(5-2)23-19-13-15(14-26)7-12-18(19)24(30)20-21(23)25(31)29(6-3)22(20)16-8-10-17(11-9-16)34(27,32)33/h7-13H,4-6H2,1-3H3,(H2,27,32,33). The Morgan fingerprint density at radius 3 is 2.15 bits per heavy atom. The van der Waals surface area contributed by atoms with Gasteiger partial charge in [0.15, 0.2) is 5.78 Å². The van der Waals surface area contributed by atoms with Crippen LogP contribution in [0.1, 0.15) is 47.8 Å². The predicted molar refractivity (Wildman–Crippen MR) is 127 cm³/mol. The monoisotopic (exact) mass is 476 g/mol. The maximum absolute atomic E-state index is 13.8. The number of likely N-dealkylation sites (N-methyl/N-ethyl adjacent to an activating group) is 1. The van der Waals surface area contributed by atoms with Crippen molar-refractivity contribution in [2.45, 2.75) is 25.7 Å². The van der Waals surface area contributed by atoms with Crippen LogP contribution in [0.4, 0.5) is 0 Å². The maximum atomic E-state index is 13.8. The fraction of sp³-hybridized carbons (Fsp3) is 0.240. The number of rotatable bonds is 6. The molecule has 34 heavy (non-hydrogen) atoms. The summed E-state index contributed by atoms with van der Waals surface area (Å²) in [4.78, 5) is 31.0. The molecular weight excluding hydrogens is 452 g/mol. The molecule has 9 heteroatoms. The molecule has 0 fully saturated rings. The van der Waals surface area contributed by atoms with Crippen LogP contribution in [0, 0.1) is 11.3 Å². The van der Waals surface area contributed by atoms with Gasteiger partial charge in [-0.15, -0.1) is 0 Å². The second-order valence-corrected chi connectivity index (χ2v) is 9.50. The van der Waals surface area contributed by atoms with Crippen molar-refractivity contribution in [3.05, 3.63) is 75.9 Å². The Morgan fingerprint density at radius 1 is 0.971 bits per heavy atom. The zero-order valence-electron chi connectivity index (χ0n) is 19.1. The zero-order chi connectivity index (χ0) is 24.8. The van der Waals surface area contributed by atoms with E-state index in [1.165, 1.54) is 17.0 Å². The predicted octanol–water partition coefficient (Wildman–Crippen LogP) is 2.73. The number of ketones is 1. The minimum absolute atomic E-state index is 0.0573. The average Bonchev–Trinajstić information content (AvgIpc) is 3.13. The number of fused-ring (bicyclic) bond motifs is 2. The van der Waals surface area contributed by atoms with Gasteiger partial charge in [0.2, 0.25) is 10.0 Å². The van der Waals surface area contributed by atoms with Crippen molar-refractivity contribution in [1.29, 1.82) is 5.26 Å². The van der Waals surface area contributed by atoms with Gasteiger partial charge >= 0.3 is 0 Å². The van der Waals surface area contributed by atoms with Crippen molar-refractivity contribution in [1.82, 2.24) is 9.80 Å². The number of sulfonamides is 1. The second-order valence-electron chi connectivity index (χ2n) is 7.94. The molecule has 2 aromatic rings. The lowest BCUT2D eigenvalue weighted by molar-refractivity contribution is -0.122. The van der Waals surface area contributed by atoms with E-state index in [1.807, 2.05) is 25.7 Å². The molecule has 0 unspecified atom stereocenters. The highest BCUT2D eigenvalue weighted by Crippen LogP contribution is 2.46. The number of carbonyl (C=O) groups excluding carboxylic acids is 2. The van der Waals surface area contributed by atoms with Gasteiger partial charge in [0.25, 0.3) is 5.91 Å². The molecule has 8 nitrogen and oxygen atoms in total. The van der Waals surface area contributed by atoms with E-state index in [2.05, 4.69) is 6.07 Å². The van der Waals surface area contributed by atoms with Gasteiger partial charge in [0, 0.05) is 30.8 Å². The number of nitrogens with zero attached hydrogens (tertiary/aromatic N) is 3. The fourth-order valence-electron chi connectivity index (χ4n) is 4.59. The molecule has 0 bridgehead atoms. The van der Waals surface area contributed by atoms with Crippen molar-refractivity contribution in [3.63, 3.8) is 0 Å². The summed E-state index contributed by atoms with van der Waals surface area (Å²) >= 11 is 0. The quantitative estimate of drug-likeness (QED) is 0.684. The first-order valence-corrected chi connectivity index (χ1v) is 12.5. The summed E-state index contributed by atoms with van der Waals surface area (Å²) in [6.07, 6.45) is 0. The van der Waals surface area contributed by atoms with E-state index >= 15 is 0 Å². The molecule has 1 amide bonds. The van der Waals surface area contributed by atoms with Gasteiger partial charge < -0.3 is 9.80 Å². The number of hydrogen-bond acceptors (Lipinski definition) is 6. The fourth-order valence-corrected chi connectivity index (χ4v) is 5.10. The van der Waals surface area contributed by atoms with Gasteiger partial charge in [-0.1, -0.05) is 12.1 Å². The Hall–Kier alpha value is -3.74. The van der Waals surface area contributed by atoms with E-state index in [4.69, 9.17) is 5.14 Å². The molecular formula is C25H24N4O4S. The number of Topliss-reactive ketones (excluding diaryl/α,β-unsaturated/α-hetero) is 1. The minimum Gasteiger partial charge on any atom is -0.371 e. The molecule has 2 N–H and O–H groups in total. The van der Waals surface area contributed by atoms with Crippen LogP contribution in [0.15, 0.2) is 58.5 Å². The smallest absolute Gasteiger partial charge is 0.261 e. The summed E-state index contributed by atoms with van der Waals surface area (Å²) in [7, 11) is -3.89. The third-order valence-electron chi connectivity index (χ3n) is 6.18.